The highest BCUT2D eigenvalue weighted by molar-refractivity contribution is 7.47. The minimum absolute atomic E-state index is 0.134. The SMILES string of the molecule is CCCCCCCC/C=C\CCCCCCCCCCCCOc1ccc(CCOP(=O)(O)OCC[N+](C)(C)C)cc1. The summed E-state index contributed by atoms with van der Waals surface area (Å²) < 4.78 is 28.7. The lowest BCUT2D eigenvalue weighted by Gasteiger charge is -2.24. The maximum atomic E-state index is 12.0. The fourth-order valence-electron chi connectivity index (χ4n) is 4.75. The van der Waals surface area contributed by atoms with Crippen LogP contribution in [0.15, 0.2) is 36.4 Å². The van der Waals surface area contributed by atoms with Gasteiger partial charge in [0.05, 0.1) is 34.4 Å². The molecule has 0 amide bonds. The molecule has 0 heterocycles. The molecule has 0 aliphatic heterocycles. The number of allylic oxidation sites excluding steroid dienone is 2. The van der Waals surface area contributed by atoms with E-state index in [4.69, 9.17) is 13.8 Å². The monoisotopic (exact) mass is 610 g/mol. The lowest BCUT2D eigenvalue weighted by atomic mass is 10.1. The number of phosphoric acid groups is 1. The smallest absolute Gasteiger partial charge is 0.472 e. The van der Waals surface area contributed by atoms with E-state index in [0.29, 0.717) is 17.4 Å². The molecule has 0 aromatic heterocycles. The number of nitrogens with zero attached hydrogens (tertiary/aromatic N) is 1. The summed E-state index contributed by atoms with van der Waals surface area (Å²) in [4.78, 5) is 9.81. The highest BCUT2D eigenvalue weighted by atomic mass is 31.2. The van der Waals surface area contributed by atoms with Crippen LogP contribution in [0.1, 0.15) is 128 Å². The Bertz CT molecular complexity index is 822. The zero-order valence-corrected chi connectivity index (χ0v) is 28.6. The quantitative estimate of drug-likeness (QED) is 0.0423. The number of rotatable bonds is 29. The van der Waals surface area contributed by atoms with Gasteiger partial charge in [0.2, 0.25) is 0 Å². The second-order valence-electron chi connectivity index (χ2n) is 12.7. The van der Waals surface area contributed by atoms with Gasteiger partial charge in [0.25, 0.3) is 0 Å². The normalized spacial score (nSPS) is 13.5. The van der Waals surface area contributed by atoms with Crippen LogP contribution in [0.3, 0.4) is 0 Å². The zero-order valence-electron chi connectivity index (χ0n) is 27.7. The Balaban J connectivity index is 1.91. The largest absolute Gasteiger partial charge is 0.494 e. The molecule has 244 valence electrons. The summed E-state index contributed by atoms with van der Waals surface area (Å²) >= 11 is 0. The molecule has 0 radical (unpaired) electrons. The molecule has 7 heteroatoms. The van der Waals surface area contributed by atoms with Gasteiger partial charge in [-0.25, -0.2) is 4.57 Å². The van der Waals surface area contributed by atoms with Gasteiger partial charge in [0.15, 0.2) is 0 Å². The van der Waals surface area contributed by atoms with Gasteiger partial charge in [-0.3, -0.25) is 9.05 Å². The third-order valence-electron chi connectivity index (χ3n) is 7.51. The number of phosphoric ester groups is 1. The van der Waals surface area contributed by atoms with Gasteiger partial charge in [-0.05, 0) is 56.2 Å². The van der Waals surface area contributed by atoms with Crippen LogP contribution in [0.2, 0.25) is 0 Å². The lowest BCUT2D eigenvalue weighted by molar-refractivity contribution is -0.870. The minimum atomic E-state index is -4.01. The van der Waals surface area contributed by atoms with Gasteiger partial charge in [-0.2, -0.15) is 0 Å². The summed E-state index contributed by atoms with van der Waals surface area (Å²) in [5, 5.41) is 0. The first-order valence-corrected chi connectivity index (χ1v) is 18.5. The molecule has 1 rings (SSSR count). The van der Waals surface area contributed by atoms with Gasteiger partial charge in [-0.15, -0.1) is 0 Å². The standard InChI is InChI=1S/C35H64NO5P/c1-5-6-7-8-9-10-11-12-13-14-15-16-17-18-19-20-21-22-23-24-31-39-35-27-25-34(26-28-35)29-32-40-42(37,38)41-33-30-36(2,3)4/h12-13,25-28H,5-11,14-24,29-33H2,1-4H3/p+1/b13-12-. The first kappa shape index (κ1) is 38.9. The van der Waals surface area contributed by atoms with Gasteiger partial charge in [0.1, 0.15) is 18.9 Å². The van der Waals surface area contributed by atoms with Crippen molar-refractivity contribution in [1.29, 1.82) is 0 Å². The van der Waals surface area contributed by atoms with Crippen molar-refractivity contribution in [3.8, 4) is 5.75 Å². The molecule has 0 saturated carbocycles. The Morgan fingerprint density at radius 2 is 1.14 bits per heavy atom. The van der Waals surface area contributed by atoms with Crippen molar-refractivity contribution in [3.63, 3.8) is 0 Å². The van der Waals surface area contributed by atoms with E-state index >= 15 is 0 Å². The number of quaternary nitrogens is 1. The number of unbranched alkanes of at least 4 members (excludes halogenated alkanes) is 16. The summed E-state index contributed by atoms with van der Waals surface area (Å²) in [6.07, 6.45) is 29.4. The minimum Gasteiger partial charge on any atom is -0.494 e. The molecule has 0 aliphatic carbocycles. The van der Waals surface area contributed by atoms with Crippen molar-refractivity contribution in [2.24, 2.45) is 0 Å². The van der Waals surface area contributed by atoms with Crippen LogP contribution in [0, 0.1) is 0 Å². The number of benzene rings is 1. The Kier molecular flexibility index (Phi) is 23.3. The van der Waals surface area contributed by atoms with E-state index in [0.717, 1.165) is 24.3 Å². The van der Waals surface area contributed by atoms with Gasteiger partial charge in [-0.1, -0.05) is 115 Å². The van der Waals surface area contributed by atoms with E-state index in [1.165, 1.54) is 109 Å². The van der Waals surface area contributed by atoms with Gasteiger partial charge >= 0.3 is 7.82 Å². The van der Waals surface area contributed by atoms with Gasteiger partial charge < -0.3 is 14.1 Å². The predicted octanol–water partition coefficient (Wildman–Crippen LogP) is 10.0. The summed E-state index contributed by atoms with van der Waals surface area (Å²) in [5.74, 6) is 0.865. The van der Waals surface area contributed by atoms with Crippen LogP contribution in [0.5, 0.6) is 5.75 Å². The van der Waals surface area contributed by atoms with Crippen LogP contribution >= 0.6 is 7.82 Å². The third-order valence-corrected chi connectivity index (χ3v) is 8.53. The first-order valence-electron chi connectivity index (χ1n) is 17.0. The molecule has 1 aromatic rings. The highest BCUT2D eigenvalue weighted by Gasteiger charge is 2.22. The molecule has 1 aromatic carbocycles. The molecule has 0 spiro atoms. The topological polar surface area (TPSA) is 65.0 Å². The number of ether oxygens (including phenoxy) is 1. The van der Waals surface area contributed by atoms with Crippen LogP contribution in [0.25, 0.3) is 0 Å². The average molecular weight is 611 g/mol. The van der Waals surface area contributed by atoms with Crippen molar-refractivity contribution in [1.82, 2.24) is 0 Å². The van der Waals surface area contributed by atoms with Crippen molar-refractivity contribution in [3.05, 3.63) is 42.0 Å². The van der Waals surface area contributed by atoms with Crippen LogP contribution < -0.4 is 4.74 Å². The molecule has 1 N–H and O–H groups in total. The Morgan fingerprint density at radius 1 is 0.667 bits per heavy atom. The maximum absolute atomic E-state index is 12.0. The molecular weight excluding hydrogens is 545 g/mol. The lowest BCUT2D eigenvalue weighted by Crippen LogP contribution is -2.37. The van der Waals surface area contributed by atoms with Crippen LogP contribution in [-0.4, -0.2) is 56.9 Å². The molecule has 1 unspecified atom stereocenters. The highest BCUT2D eigenvalue weighted by Crippen LogP contribution is 2.43. The number of likely N-dealkylation sites (N-methyl/N-ethyl adjacent to an activating group) is 1. The van der Waals surface area contributed by atoms with Crippen molar-refractivity contribution >= 4 is 7.82 Å². The fourth-order valence-corrected chi connectivity index (χ4v) is 5.45. The second kappa shape index (κ2) is 25.2. The summed E-state index contributed by atoms with van der Waals surface area (Å²) in [5.41, 5.74) is 1.03. The van der Waals surface area contributed by atoms with E-state index in [1.54, 1.807) is 0 Å². The Morgan fingerprint density at radius 3 is 1.67 bits per heavy atom. The summed E-state index contributed by atoms with van der Waals surface area (Å²) in [7, 11) is 2.00. The summed E-state index contributed by atoms with van der Waals surface area (Å²) in [6, 6.07) is 7.87. The molecule has 0 aliphatic rings. The Labute approximate surface area is 259 Å². The van der Waals surface area contributed by atoms with Crippen LogP contribution in [0.4, 0.5) is 0 Å². The molecule has 0 saturated heterocycles. The maximum Gasteiger partial charge on any atom is 0.472 e. The van der Waals surface area contributed by atoms with Crippen molar-refractivity contribution in [2.45, 2.75) is 129 Å². The predicted molar refractivity (Wildman–Crippen MR) is 178 cm³/mol. The van der Waals surface area contributed by atoms with E-state index < -0.39 is 7.82 Å². The van der Waals surface area contributed by atoms with Crippen molar-refractivity contribution in [2.75, 3.05) is 47.5 Å². The van der Waals surface area contributed by atoms with E-state index in [9.17, 15) is 9.46 Å². The fraction of sp³-hybridized carbons (Fsp3) is 0.771. The van der Waals surface area contributed by atoms with E-state index in [-0.39, 0.29) is 13.2 Å². The number of hydrogen-bond acceptors (Lipinski definition) is 4. The zero-order chi connectivity index (χ0) is 30.8. The molecule has 6 nitrogen and oxygen atoms in total. The summed E-state index contributed by atoms with van der Waals surface area (Å²) in [6.45, 7) is 3.97. The Hall–Kier alpha value is -1.17. The number of hydrogen-bond donors (Lipinski definition) is 1. The van der Waals surface area contributed by atoms with Crippen LogP contribution in [-0.2, 0) is 20.0 Å². The molecule has 0 bridgehead atoms. The molecule has 42 heavy (non-hydrogen) atoms. The van der Waals surface area contributed by atoms with E-state index in [1.807, 2.05) is 45.4 Å². The first-order chi connectivity index (χ1) is 20.2. The van der Waals surface area contributed by atoms with Crippen molar-refractivity contribution < 1.29 is 27.7 Å². The molecular formula is C35H65NO5P+. The van der Waals surface area contributed by atoms with Gasteiger partial charge in [0, 0.05) is 0 Å². The third kappa shape index (κ3) is 25.3. The molecule has 0 fully saturated rings. The average Bonchev–Trinajstić information content (AvgIpc) is 2.93. The van der Waals surface area contributed by atoms with E-state index in [2.05, 4.69) is 19.1 Å². The second-order valence-corrected chi connectivity index (χ2v) is 14.2. The molecule has 1 atom stereocenters.